The highest BCUT2D eigenvalue weighted by Gasteiger charge is 2.26. The van der Waals surface area contributed by atoms with E-state index in [1.807, 2.05) is 30.2 Å². The summed E-state index contributed by atoms with van der Waals surface area (Å²) in [6, 6.07) is 2.91. The van der Waals surface area contributed by atoms with E-state index in [2.05, 4.69) is 30.9 Å². The summed E-state index contributed by atoms with van der Waals surface area (Å²) < 4.78 is 1.95. The van der Waals surface area contributed by atoms with Gasteiger partial charge in [0.1, 0.15) is 0 Å². The van der Waals surface area contributed by atoms with Gasteiger partial charge in [-0.1, -0.05) is 11.6 Å². The van der Waals surface area contributed by atoms with E-state index in [4.69, 9.17) is 16.6 Å². The predicted molar refractivity (Wildman–Crippen MR) is 121 cm³/mol. The number of nitrogens with zero attached hydrogens (tertiary/aromatic N) is 5. The van der Waals surface area contributed by atoms with Crippen LogP contribution in [0, 0.1) is 5.92 Å². The van der Waals surface area contributed by atoms with Crippen molar-refractivity contribution in [3.05, 3.63) is 41.1 Å². The Balaban J connectivity index is 1.21. The van der Waals surface area contributed by atoms with Crippen molar-refractivity contribution in [3.8, 4) is 11.3 Å². The minimum atomic E-state index is 0.372. The standard InChI is InChI=1S/C22H29ClN8/c1-31-20(10-14-2-3-14)18(12-27-31)21-19(23)13-25-22(29-21)28-16-6-4-15(5-7-16)24-11-17-8-9-26-30-17/h8-9,12-16,24H,2-7,10-11H2,1H3,(H,26,30)(H,25,28,29)/t15-,16+. The van der Waals surface area contributed by atoms with E-state index >= 15 is 0 Å². The number of anilines is 1. The van der Waals surface area contributed by atoms with Crippen molar-refractivity contribution in [3.63, 3.8) is 0 Å². The van der Waals surface area contributed by atoms with E-state index in [1.165, 1.54) is 18.5 Å². The van der Waals surface area contributed by atoms with Crippen LogP contribution < -0.4 is 10.6 Å². The fourth-order valence-electron chi connectivity index (χ4n) is 4.39. The summed E-state index contributed by atoms with van der Waals surface area (Å²) in [6.07, 6.45) is 13.5. The normalized spacial score (nSPS) is 21.4. The Bertz CT molecular complexity index is 1000. The van der Waals surface area contributed by atoms with Crippen molar-refractivity contribution in [2.75, 3.05) is 5.32 Å². The largest absolute Gasteiger partial charge is 0.351 e. The number of nitrogens with one attached hydrogen (secondary N) is 3. The van der Waals surface area contributed by atoms with Crippen molar-refractivity contribution in [1.29, 1.82) is 0 Å². The summed E-state index contributed by atoms with van der Waals surface area (Å²) >= 11 is 6.50. The minimum absolute atomic E-state index is 0.372. The first-order chi connectivity index (χ1) is 15.2. The zero-order valence-electron chi connectivity index (χ0n) is 17.8. The lowest BCUT2D eigenvalue weighted by atomic mass is 9.91. The molecule has 0 spiro atoms. The van der Waals surface area contributed by atoms with Gasteiger partial charge < -0.3 is 10.6 Å². The number of H-pyrrole nitrogens is 1. The maximum Gasteiger partial charge on any atom is 0.223 e. The summed E-state index contributed by atoms with van der Waals surface area (Å²) in [5.74, 6) is 1.41. The number of hydrogen-bond donors (Lipinski definition) is 3. The van der Waals surface area contributed by atoms with E-state index in [0.29, 0.717) is 23.1 Å². The predicted octanol–water partition coefficient (Wildman–Crippen LogP) is 3.72. The van der Waals surface area contributed by atoms with Crippen LogP contribution in [-0.2, 0) is 20.0 Å². The molecule has 0 saturated heterocycles. The lowest BCUT2D eigenvalue weighted by molar-refractivity contribution is 0.351. The number of hydrogen-bond acceptors (Lipinski definition) is 6. The van der Waals surface area contributed by atoms with Crippen LogP contribution in [0.15, 0.2) is 24.7 Å². The molecule has 3 heterocycles. The van der Waals surface area contributed by atoms with E-state index in [9.17, 15) is 0 Å². The number of halogens is 1. The lowest BCUT2D eigenvalue weighted by Gasteiger charge is -2.29. The Kier molecular flexibility index (Phi) is 5.91. The molecule has 0 atom stereocenters. The maximum atomic E-state index is 6.50. The fraction of sp³-hybridized carbons (Fsp3) is 0.545. The highest BCUT2D eigenvalue weighted by molar-refractivity contribution is 6.32. The van der Waals surface area contributed by atoms with Gasteiger partial charge in [0.2, 0.25) is 5.95 Å². The lowest BCUT2D eigenvalue weighted by Crippen LogP contribution is -2.37. The van der Waals surface area contributed by atoms with Crippen LogP contribution in [0.3, 0.4) is 0 Å². The van der Waals surface area contributed by atoms with Crippen molar-refractivity contribution >= 4 is 17.5 Å². The number of aromatic nitrogens is 6. The topological polar surface area (TPSA) is 96.3 Å². The molecule has 2 aliphatic rings. The highest BCUT2D eigenvalue weighted by atomic mass is 35.5. The van der Waals surface area contributed by atoms with Gasteiger partial charge in [0.05, 0.1) is 28.8 Å². The Morgan fingerprint density at radius 3 is 2.68 bits per heavy atom. The molecule has 0 aliphatic heterocycles. The monoisotopic (exact) mass is 440 g/mol. The molecule has 31 heavy (non-hydrogen) atoms. The Labute approximate surface area is 187 Å². The molecule has 8 nitrogen and oxygen atoms in total. The molecule has 0 amide bonds. The summed E-state index contributed by atoms with van der Waals surface area (Å²) in [5.41, 5.74) is 4.06. The van der Waals surface area contributed by atoms with Crippen molar-refractivity contribution < 1.29 is 0 Å². The maximum absolute atomic E-state index is 6.50. The van der Waals surface area contributed by atoms with Crippen LogP contribution in [0.1, 0.15) is 49.9 Å². The molecule has 5 rings (SSSR count). The van der Waals surface area contributed by atoms with Gasteiger partial charge in [-0.3, -0.25) is 9.78 Å². The third kappa shape index (κ3) is 4.91. The van der Waals surface area contributed by atoms with Gasteiger partial charge in [-0.15, -0.1) is 0 Å². The second kappa shape index (κ2) is 8.96. The first kappa shape index (κ1) is 20.5. The molecule has 2 aliphatic carbocycles. The Morgan fingerprint density at radius 1 is 1.13 bits per heavy atom. The van der Waals surface area contributed by atoms with Crippen molar-refractivity contribution in [1.82, 2.24) is 35.3 Å². The number of rotatable bonds is 8. The van der Waals surface area contributed by atoms with Gasteiger partial charge in [0.25, 0.3) is 0 Å². The molecular weight excluding hydrogens is 412 g/mol. The van der Waals surface area contributed by atoms with E-state index in [1.54, 1.807) is 6.20 Å². The summed E-state index contributed by atoms with van der Waals surface area (Å²) in [4.78, 5) is 9.24. The van der Waals surface area contributed by atoms with Crippen LogP contribution in [0.25, 0.3) is 11.3 Å². The van der Waals surface area contributed by atoms with Gasteiger partial charge in [0.15, 0.2) is 0 Å². The minimum Gasteiger partial charge on any atom is -0.351 e. The third-order valence-electron chi connectivity index (χ3n) is 6.43. The number of aromatic amines is 1. The van der Waals surface area contributed by atoms with Gasteiger partial charge in [-0.25, -0.2) is 9.97 Å². The smallest absolute Gasteiger partial charge is 0.223 e. The molecule has 0 unspecified atom stereocenters. The summed E-state index contributed by atoms with van der Waals surface area (Å²) in [7, 11) is 1.99. The van der Waals surface area contributed by atoms with Crippen LogP contribution in [0.4, 0.5) is 5.95 Å². The average Bonchev–Trinajstić information content (AvgIpc) is 3.31. The second-order valence-corrected chi connectivity index (χ2v) is 9.21. The van der Waals surface area contributed by atoms with Gasteiger partial charge in [0, 0.05) is 43.1 Å². The summed E-state index contributed by atoms with van der Waals surface area (Å²) in [6.45, 7) is 0.810. The second-order valence-electron chi connectivity index (χ2n) is 8.81. The Hall–Kier alpha value is -2.45. The first-order valence-corrected chi connectivity index (χ1v) is 11.6. The van der Waals surface area contributed by atoms with E-state index in [0.717, 1.165) is 61.5 Å². The van der Waals surface area contributed by atoms with Gasteiger partial charge >= 0.3 is 0 Å². The van der Waals surface area contributed by atoms with Gasteiger partial charge in [-0.05, 0) is 56.9 Å². The third-order valence-corrected chi connectivity index (χ3v) is 6.71. The molecular formula is C22H29ClN8. The van der Waals surface area contributed by atoms with E-state index in [-0.39, 0.29) is 0 Å². The molecule has 164 valence electrons. The zero-order valence-corrected chi connectivity index (χ0v) is 18.6. The average molecular weight is 441 g/mol. The zero-order chi connectivity index (χ0) is 21.2. The van der Waals surface area contributed by atoms with Gasteiger partial charge in [-0.2, -0.15) is 10.2 Å². The SMILES string of the molecule is Cn1ncc(-c2nc(N[C@H]3CC[C@@H](NCc4cc[nH]n4)CC3)ncc2Cl)c1CC1CC1. The van der Waals surface area contributed by atoms with E-state index < -0.39 is 0 Å². The molecule has 3 aromatic heterocycles. The fourth-order valence-corrected chi connectivity index (χ4v) is 4.58. The van der Waals surface area contributed by atoms with Crippen molar-refractivity contribution in [2.45, 2.75) is 63.6 Å². The summed E-state index contributed by atoms with van der Waals surface area (Å²) in [5, 5.41) is 19.2. The molecule has 3 aromatic rings. The Morgan fingerprint density at radius 2 is 1.94 bits per heavy atom. The van der Waals surface area contributed by atoms with Crippen LogP contribution in [0.5, 0.6) is 0 Å². The van der Waals surface area contributed by atoms with Crippen LogP contribution in [0.2, 0.25) is 5.02 Å². The molecule has 2 fully saturated rings. The molecule has 0 aromatic carbocycles. The van der Waals surface area contributed by atoms with Crippen LogP contribution >= 0.6 is 11.6 Å². The highest BCUT2D eigenvalue weighted by Crippen LogP contribution is 2.37. The van der Waals surface area contributed by atoms with Crippen molar-refractivity contribution in [2.24, 2.45) is 13.0 Å². The van der Waals surface area contributed by atoms with Crippen LogP contribution in [-0.4, -0.2) is 42.0 Å². The number of aryl methyl sites for hydroxylation is 1. The molecule has 0 radical (unpaired) electrons. The molecule has 9 heteroatoms. The molecule has 2 saturated carbocycles. The first-order valence-electron chi connectivity index (χ1n) is 11.2. The molecule has 0 bridgehead atoms. The molecule has 3 N–H and O–H groups in total. The quantitative estimate of drug-likeness (QED) is 0.494.